The molecule has 0 saturated carbocycles. The molecule has 0 aliphatic heterocycles. The molecule has 0 amide bonds. The molecule has 0 N–H and O–H groups in total. The number of carbonyl (C=O) groups is 1. The minimum Gasteiger partial charge on any atom is -0.385 e. The first-order valence-corrected chi connectivity index (χ1v) is 10.6. The Kier molecular flexibility index (Phi) is 6.87. The highest BCUT2D eigenvalue weighted by atomic mass is 32.2. The Morgan fingerprint density at radius 2 is 1.97 bits per heavy atom. The Morgan fingerprint density at radius 3 is 2.72 bits per heavy atom. The van der Waals surface area contributed by atoms with E-state index in [0.29, 0.717) is 35.6 Å². The molecule has 1 heterocycles. The quantitative estimate of drug-likeness (QED) is 0.238. The molecule has 1 atom stereocenters. The molecule has 1 unspecified atom stereocenters. The van der Waals surface area contributed by atoms with Crippen LogP contribution in [0.4, 0.5) is 0 Å². The van der Waals surface area contributed by atoms with E-state index in [1.807, 2.05) is 57.2 Å². The molecule has 5 nitrogen and oxygen atoms in total. The molecule has 6 heteroatoms. The van der Waals surface area contributed by atoms with Crippen molar-refractivity contribution < 1.29 is 9.53 Å². The van der Waals surface area contributed by atoms with E-state index in [-0.39, 0.29) is 16.6 Å². The van der Waals surface area contributed by atoms with Gasteiger partial charge in [0.05, 0.1) is 16.2 Å². The van der Waals surface area contributed by atoms with Crippen molar-refractivity contribution in [1.29, 1.82) is 0 Å². The number of para-hydroxylation sites is 1. The van der Waals surface area contributed by atoms with E-state index in [2.05, 4.69) is 0 Å². The molecular formula is C23H26N2O3S. The van der Waals surface area contributed by atoms with Crippen LogP contribution in [0.15, 0.2) is 52.4 Å². The van der Waals surface area contributed by atoms with Crippen LogP contribution in [0.1, 0.15) is 34.8 Å². The molecule has 3 rings (SSSR count). The van der Waals surface area contributed by atoms with E-state index in [4.69, 9.17) is 9.72 Å². The van der Waals surface area contributed by atoms with E-state index >= 15 is 0 Å². The van der Waals surface area contributed by atoms with Gasteiger partial charge in [0, 0.05) is 25.8 Å². The number of carbonyl (C=O) groups excluding carboxylic acids is 1. The summed E-state index contributed by atoms with van der Waals surface area (Å²) in [5, 5.41) is 0.788. The van der Waals surface area contributed by atoms with Gasteiger partial charge in [0.15, 0.2) is 10.9 Å². The van der Waals surface area contributed by atoms with Crippen molar-refractivity contribution in [2.24, 2.45) is 0 Å². The minimum atomic E-state index is -0.364. The Bertz CT molecular complexity index is 1090. The van der Waals surface area contributed by atoms with Crippen LogP contribution in [0.2, 0.25) is 0 Å². The molecule has 1 aromatic heterocycles. The van der Waals surface area contributed by atoms with Crippen molar-refractivity contribution in [3.63, 3.8) is 0 Å². The zero-order valence-electron chi connectivity index (χ0n) is 17.3. The summed E-state index contributed by atoms with van der Waals surface area (Å²) in [4.78, 5) is 30.8. The number of aromatic nitrogens is 2. The van der Waals surface area contributed by atoms with Crippen LogP contribution < -0.4 is 5.56 Å². The van der Waals surface area contributed by atoms with Crippen LogP contribution in [-0.2, 0) is 11.3 Å². The van der Waals surface area contributed by atoms with E-state index in [9.17, 15) is 9.59 Å². The van der Waals surface area contributed by atoms with Crippen molar-refractivity contribution >= 4 is 28.4 Å². The molecule has 0 radical (unpaired) electrons. The molecular weight excluding hydrogens is 384 g/mol. The lowest BCUT2D eigenvalue weighted by atomic mass is 10.0. The van der Waals surface area contributed by atoms with Gasteiger partial charge in [-0.1, -0.05) is 41.6 Å². The Morgan fingerprint density at radius 1 is 1.21 bits per heavy atom. The molecule has 2 aromatic carbocycles. The van der Waals surface area contributed by atoms with Gasteiger partial charge in [0.1, 0.15) is 0 Å². The van der Waals surface area contributed by atoms with E-state index in [1.54, 1.807) is 17.7 Å². The summed E-state index contributed by atoms with van der Waals surface area (Å²) in [6.07, 6.45) is 0.698. The molecule has 3 aromatic rings. The van der Waals surface area contributed by atoms with Gasteiger partial charge in [-0.15, -0.1) is 0 Å². The minimum absolute atomic E-state index is 0.0436. The fourth-order valence-electron chi connectivity index (χ4n) is 3.23. The van der Waals surface area contributed by atoms with Crippen molar-refractivity contribution in [2.75, 3.05) is 13.7 Å². The largest absolute Gasteiger partial charge is 0.385 e. The van der Waals surface area contributed by atoms with E-state index in [0.717, 1.165) is 16.7 Å². The number of ketones is 1. The monoisotopic (exact) mass is 410 g/mol. The smallest absolute Gasteiger partial charge is 0.262 e. The number of nitrogens with zero attached hydrogens (tertiary/aromatic N) is 2. The number of methoxy groups -OCH3 is 1. The second-order valence-corrected chi connectivity index (χ2v) is 8.47. The SMILES string of the molecule is COCCCn1c(SC(C)C(=O)c2cc(C)ccc2C)nc2ccccc2c1=O. The highest BCUT2D eigenvalue weighted by Crippen LogP contribution is 2.26. The first kappa shape index (κ1) is 21.3. The molecule has 0 bridgehead atoms. The molecule has 0 aliphatic rings. The van der Waals surface area contributed by atoms with E-state index in [1.165, 1.54) is 11.8 Å². The summed E-state index contributed by atoms with van der Waals surface area (Å²) in [5.41, 5.74) is 3.29. The van der Waals surface area contributed by atoms with Crippen LogP contribution >= 0.6 is 11.8 Å². The van der Waals surface area contributed by atoms with Crippen molar-refractivity contribution in [3.05, 3.63) is 69.5 Å². The fourth-order valence-corrected chi connectivity index (χ4v) is 4.24. The Balaban J connectivity index is 1.97. The number of ether oxygens (including phenoxy) is 1. The van der Waals surface area contributed by atoms with Crippen LogP contribution in [0.3, 0.4) is 0 Å². The summed E-state index contributed by atoms with van der Waals surface area (Å²) >= 11 is 1.34. The average Bonchev–Trinajstić information content (AvgIpc) is 2.71. The molecule has 0 fully saturated rings. The van der Waals surface area contributed by atoms with Crippen molar-refractivity contribution in [1.82, 2.24) is 9.55 Å². The molecule has 152 valence electrons. The first-order valence-electron chi connectivity index (χ1n) is 9.69. The lowest BCUT2D eigenvalue weighted by molar-refractivity contribution is 0.0993. The number of fused-ring (bicyclic) bond motifs is 1. The molecule has 29 heavy (non-hydrogen) atoms. The zero-order chi connectivity index (χ0) is 21.0. The number of Topliss-reactive ketones (excluding diaryl/α,β-unsaturated/α-hetero) is 1. The van der Waals surface area contributed by atoms with Crippen LogP contribution in [-0.4, -0.2) is 34.3 Å². The highest BCUT2D eigenvalue weighted by molar-refractivity contribution is 8.00. The number of thioether (sulfide) groups is 1. The number of aryl methyl sites for hydroxylation is 2. The summed E-state index contributed by atoms with van der Waals surface area (Å²) in [6.45, 7) is 6.85. The standard InChI is InChI=1S/C23H26N2O3S/c1-15-10-11-16(2)19(14-15)21(26)17(3)29-23-24-20-9-6-5-8-18(20)22(27)25(23)12-7-13-28-4/h5-6,8-11,14,17H,7,12-13H2,1-4H3. The maximum absolute atomic E-state index is 13.1. The lowest BCUT2D eigenvalue weighted by Crippen LogP contribution is -2.25. The van der Waals surface area contributed by atoms with Gasteiger partial charge in [-0.2, -0.15) is 0 Å². The van der Waals surface area contributed by atoms with Gasteiger partial charge in [-0.25, -0.2) is 4.98 Å². The average molecular weight is 411 g/mol. The first-order chi connectivity index (χ1) is 13.9. The summed E-state index contributed by atoms with van der Waals surface area (Å²) in [7, 11) is 1.64. The Labute approximate surface area is 175 Å². The van der Waals surface area contributed by atoms with Gasteiger partial charge in [0.2, 0.25) is 0 Å². The van der Waals surface area contributed by atoms with Gasteiger partial charge < -0.3 is 4.74 Å². The topological polar surface area (TPSA) is 61.2 Å². The fraction of sp³-hybridized carbons (Fsp3) is 0.348. The molecule has 0 saturated heterocycles. The van der Waals surface area contributed by atoms with Crippen molar-refractivity contribution in [3.8, 4) is 0 Å². The van der Waals surface area contributed by atoms with Gasteiger partial charge in [0.25, 0.3) is 5.56 Å². The third-order valence-electron chi connectivity index (χ3n) is 4.87. The number of rotatable bonds is 8. The lowest BCUT2D eigenvalue weighted by Gasteiger charge is -2.17. The van der Waals surface area contributed by atoms with Crippen LogP contribution in [0.5, 0.6) is 0 Å². The number of benzene rings is 2. The second-order valence-electron chi connectivity index (χ2n) is 7.16. The normalized spacial score (nSPS) is 12.3. The van der Waals surface area contributed by atoms with E-state index < -0.39 is 0 Å². The van der Waals surface area contributed by atoms with Crippen LogP contribution in [0.25, 0.3) is 10.9 Å². The van der Waals surface area contributed by atoms with Gasteiger partial charge in [-0.05, 0) is 51.0 Å². The second kappa shape index (κ2) is 9.37. The predicted octanol–water partition coefficient (Wildman–Crippen LogP) is 4.41. The molecule has 0 aliphatic carbocycles. The summed E-state index contributed by atoms with van der Waals surface area (Å²) in [6, 6.07) is 13.2. The third kappa shape index (κ3) is 4.77. The molecule has 0 spiro atoms. The highest BCUT2D eigenvalue weighted by Gasteiger charge is 2.22. The van der Waals surface area contributed by atoms with Crippen LogP contribution in [0, 0.1) is 13.8 Å². The number of hydrogen-bond donors (Lipinski definition) is 0. The number of hydrogen-bond acceptors (Lipinski definition) is 5. The van der Waals surface area contributed by atoms with Gasteiger partial charge >= 0.3 is 0 Å². The van der Waals surface area contributed by atoms with Gasteiger partial charge in [-0.3, -0.25) is 14.2 Å². The summed E-state index contributed by atoms with van der Waals surface area (Å²) in [5.74, 6) is 0.0436. The maximum Gasteiger partial charge on any atom is 0.262 e. The predicted molar refractivity (Wildman–Crippen MR) is 118 cm³/mol. The third-order valence-corrected chi connectivity index (χ3v) is 5.96. The van der Waals surface area contributed by atoms with Crippen molar-refractivity contribution in [2.45, 2.75) is 44.1 Å². The maximum atomic E-state index is 13.1. The Hall–Kier alpha value is -2.44. The summed E-state index contributed by atoms with van der Waals surface area (Å²) < 4.78 is 6.80. The zero-order valence-corrected chi connectivity index (χ0v) is 18.1.